The predicted molar refractivity (Wildman–Crippen MR) is 91.5 cm³/mol. The van der Waals surface area contributed by atoms with Gasteiger partial charge < -0.3 is 11.1 Å². The van der Waals surface area contributed by atoms with Gasteiger partial charge in [-0.25, -0.2) is 0 Å². The molecule has 0 saturated carbocycles. The van der Waals surface area contributed by atoms with Crippen molar-refractivity contribution in [3.8, 4) is 0 Å². The Labute approximate surface area is 135 Å². The van der Waals surface area contributed by atoms with Gasteiger partial charge in [0.15, 0.2) is 0 Å². The van der Waals surface area contributed by atoms with E-state index in [2.05, 4.69) is 26.1 Å². The van der Waals surface area contributed by atoms with Gasteiger partial charge in [-0.05, 0) is 24.8 Å². The topological polar surface area (TPSA) is 55.1 Å². The lowest BCUT2D eigenvalue weighted by Crippen LogP contribution is -2.40. The van der Waals surface area contributed by atoms with E-state index in [9.17, 15) is 4.79 Å². The van der Waals surface area contributed by atoms with Crippen molar-refractivity contribution in [3.63, 3.8) is 0 Å². The first-order chi connectivity index (χ1) is 9.45. The Balaban J connectivity index is 0.00000400. The van der Waals surface area contributed by atoms with Gasteiger partial charge >= 0.3 is 0 Å². The van der Waals surface area contributed by atoms with Gasteiger partial charge in [-0.15, -0.1) is 12.4 Å². The normalized spacial score (nSPS) is 16.2. The van der Waals surface area contributed by atoms with E-state index in [0.29, 0.717) is 5.92 Å². The summed E-state index contributed by atoms with van der Waals surface area (Å²) in [6, 6.07) is 9.73. The van der Waals surface area contributed by atoms with Gasteiger partial charge in [-0.2, -0.15) is 0 Å². The minimum Gasteiger partial charge on any atom is -0.353 e. The smallest absolute Gasteiger partial charge is 0.224 e. The van der Waals surface area contributed by atoms with Crippen LogP contribution < -0.4 is 11.1 Å². The molecule has 0 aliphatic carbocycles. The molecule has 0 aliphatic rings. The quantitative estimate of drug-likeness (QED) is 0.807. The maximum atomic E-state index is 12.2. The summed E-state index contributed by atoms with van der Waals surface area (Å²) in [6.45, 7) is 8.34. The molecule has 0 heterocycles. The molecule has 0 aliphatic heterocycles. The molecule has 1 amide bonds. The third kappa shape index (κ3) is 6.49. The molecule has 1 aromatic rings. The van der Waals surface area contributed by atoms with E-state index in [-0.39, 0.29) is 36.3 Å². The van der Waals surface area contributed by atoms with E-state index >= 15 is 0 Å². The van der Waals surface area contributed by atoms with E-state index in [4.69, 9.17) is 5.73 Å². The summed E-state index contributed by atoms with van der Waals surface area (Å²) in [5.74, 6) is 0.442. The Kier molecular flexibility index (Phi) is 9.31. The second-order valence-electron chi connectivity index (χ2n) is 5.88. The minimum absolute atomic E-state index is 0. The third-order valence-electron chi connectivity index (χ3n) is 3.98. The molecule has 0 aromatic heterocycles. The molecule has 0 saturated heterocycles. The summed E-state index contributed by atoms with van der Waals surface area (Å²) in [4.78, 5) is 12.2. The summed E-state index contributed by atoms with van der Waals surface area (Å²) in [5, 5.41) is 3.08. The number of rotatable bonds is 7. The summed E-state index contributed by atoms with van der Waals surface area (Å²) < 4.78 is 0. The molecule has 3 nitrogen and oxygen atoms in total. The molecule has 4 heteroatoms. The summed E-state index contributed by atoms with van der Waals surface area (Å²) in [7, 11) is 0. The summed E-state index contributed by atoms with van der Waals surface area (Å²) in [6.07, 6.45) is 2.15. The van der Waals surface area contributed by atoms with Crippen LogP contribution in [0, 0.1) is 11.8 Å². The second kappa shape index (κ2) is 9.80. The highest BCUT2D eigenvalue weighted by molar-refractivity contribution is 5.85. The number of carbonyl (C=O) groups excluding carboxylic acids is 1. The third-order valence-corrected chi connectivity index (χ3v) is 3.98. The van der Waals surface area contributed by atoms with Gasteiger partial charge in [-0.3, -0.25) is 4.79 Å². The first-order valence-corrected chi connectivity index (χ1v) is 7.56. The lowest BCUT2D eigenvalue weighted by Gasteiger charge is -2.23. The van der Waals surface area contributed by atoms with Crippen molar-refractivity contribution in [2.45, 2.75) is 52.6 Å². The Hall–Kier alpha value is -1.06. The Bertz CT molecular complexity index is 411. The zero-order chi connectivity index (χ0) is 15.1. The lowest BCUT2D eigenvalue weighted by atomic mass is 9.94. The SMILES string of the molecule is CCC(C)CC(C)NC(=O)C(C)C(N)c1ccccc1.Cl. The summed E-state index contributed by atoms with van der Waals surface area (Å²) >= 11 is 0. The van der Waals surface area contributed by atoms with E-state index in [1.54, 1.807) is 0 Å². The molecule has 1 rings (SSSR count). The molecular weight excluding hydrogens is 284 g/mol. The largest absolute Gasteiger partial charge is 0.353 e. The molecule has 4 unspecified atom stereocenters. The first-order valence-electron chi connectivity index (χ1n) is 7.56. The number of halogens is 1. The Morgan fingerprint density at radius 1 is 1.19 bits per heavy atom. The first kappa shape index (κ1) is 19.9. The van der Waals surface area contributed by atoms with Gasteiger partial charge in [0.25, 0.3) is 0 Å². The van der Waals surface area contributed by atoms with Gasteiger partial charge in [0.1, 0.15) is 0 Å². The van der Waals surface area contributed by atoms with Gasteiger partial charge in [0.2, 0.25) is 5.91 Å². The highest BCUT2D eigenvalue weighted by Gasteiger charge is 2.23. The van der Waals surface area contributed by atoms with Crippen LogP contribution in [0.5, 0.6) is 0 Å². The van der Waals surface area contributed by atoms with Crippen LogP contribution in [0.1, 0.15) is 52.1 Å². The molecule has 0 bridgehead atoms. The van der Waals surface area contributed by atoms with Gasteiger partial charge in [0, 0.05) is 12.1 Å². The fourth-order valence-corrected chi connectivity index (χ4v) is 2.33. The minimum atomic E-state index is -0.257. The van der Waals surface area contributed by atoms with Crippen molar-refractivity contribution in [2.24, 2.45) is 17.6 Å². The molecular formula is C17H29ClN2O. The van der Waals surface area contributed by atoms with Crippen LogP contribution in [0.25, 0.3) is 0 Å². The van der Waals surface area contributed by atoms with Crippen LogP contribution in [0.2, 0.25) is 0 Å². The number of benzene rings is 1. The van der Waals surface area contributed by atoms with Crippen LogP contribution >= 0.6 is 12.4 Å². The van der Waals surface area contributed by atoms with Crippen LogP contribution in [0.4, 0.5) is 0 Å². The Morgan fingerprint density at radius 3 is 2.29 bits per heavy atom. The van der Waals surface area contributed by atoms with Crippen LogP contribution in [0.3, 0.4) is 0 Å². The number of nitrogens with two attached hydrogens (primary N) is 1. The van der Waals surface area contributed by atoms with Crippen molar-refractivity contribution in [1.29, 1.82) is 0 Å². The van der Waals surface area contributed by atoms with Gasteiger partial charge in [0.05, 0.1) is 5.92 Å². The monoisotopic (exact) mass is 312 g/mol. The molecule has 21 heavy (non-hydrogen) atoms. The Morgan fingerprint density at radius 2 is 1.76 bits per heavy atom. The average Bonchev–Trinajstić information content (AvgIpc) is 2.46. The fourth-order valence-electron chi connectivity index (χ4n) is 2.33. The molecule has 0 fully saturated rings. The number of carbonyl (C=O) groups is 1. The fraction of sp³-hybridized carbons (Fsp3) is 0.588. The van der Waals surface area contributed by atoms with E-state index < -0.39 is 0 Å². The standard InChI is InChI=1S/C17H28N2O.ClH/c1-5-12(2)11-13(3)19-17(20)14(4)16(18)15-9-7-6-8-10-15;/h6-10,12-14,16H,5,11,18H2,1-4H3,(H,19,20);1H. The van der Waals surface area contributed by atoms with Gasteiger partial charge in [-0.1, -0.05) is 57.5 Å². The van der Waals surface area contributed by atoms with Crippen molar-refractivity contribution in [3.05, 3.63) is 35.9 Å². The number of amides is 1. The van der Waals surface area contributed by atoms with Crippen molar-refractivity contribution in [1.82, 2.24) is 5.32 Å². The zero-order valence-electron chi connectivity index (χ0n) is 13.5. The second-order valence-corrected chi connectivity index (χ2v) is 5.88. The lowest BCUT2D eigenvalue weighted by molar-refractivity contribution is -0.125. The highest BCUT2D eigenvalue weighted by Crippen LogP contribution is 2.19. The van der Waals surface area contributed by atoms with E-state index in [0.717, 1.165) is 18.4 Å². The maximum Gasteiger partial charge on any atom is 0.224 e. The molecule has 0 spiro atoms. The number of hydrogen-bond donors (Lipinski definition) is 2. The predicted octanol–water partition coefficient (Wildman–Crippen LogP) is 3.69. The average molecular weight is 313 g/mol. The molecule has 3 N–H and O–H groups in total. The van der Waals surface area contributed by atoms with Crippen molar-refractivity contribution < 1.29 is 4.79 Å². The molecule has 0 radical (unpaired) electrons. The number of hydrogen-bond acceptors (Lipinski definition) is 2. The zero-order valence-corrected chi connectivity index (χ0v) is 14.3. The molecule has 4 atom stereocenters. The summed E-state index contributed by atoms with van der Waals surface area (Å²) in [5.41, 5.74) is 7.19. The van der Waals surface area contributed by atoms with Crippen LogP contribution in [-0.2, 0) is 4.79 Å². The van der Waals surface area contributed by atoms with Crippen LogP contribution in [0.15, 0.2) is 30.3 Å². The van der Waals surface area contributed by atoms with E-state index in [1.807, 2.05) is 37.3 Å². The van der Waals surface area contributed by atoms with Crippen molar-refractivity contribution >= 4 is 18.3 Å². The number of nitrogens with one attached hydrogen (secondary N) is 1. The van der Waals surface area contributed by atoms with E-state index in [1.165, 1.54) is 0 Å². The highest BCUT2D eigenvalue weighted by atomic mass is 35.5. The molecule has 1 aromatic carbocycles. The maximum absolute atomic E-state index is 12.2. The van der Waals surface area contributed by atoms with Crippen molar-refractivity contribution in [2.75, 3.05) is 0 Å². The molecule has 120 valence electrons. The van der Waals surface area contributed by atoms with Crippen LogP contribution in [-0.4, -0.2) is 11.9 Å².